The van der Waals surface area contributed by atoms with E-state index < -0.39 is 34.1 Å². The van der Waals surface area contributed by atoms with Crippen molar-refractivity contribution in [3.8, 4) is 17.2 Å². The van der Waals surface area contributed by atoms with E-state index in [9.17, 15) is 36.4 Å². The van der Waals surface area contributed by atoms with Crippen molar-refractivity contribution in [2.75, 3.05) is 0 Å². The topological polar surface area (TPSA) is 40.9 Å². The largest absolute Gasteiger partial charge is 0.426 e. The molecule has 0 unspecified atom stereocenters. The molecular weight excluding hydrogens is 440 g/mol. The van der Waals surface area contributed by atoms with E-state index in [4.69, 9.17) is 0 Å². The first kappa shape index (κ1) is 22.3. The number of hydrogen-bond acceptors (Lipinski definition) is 3. The number of thiophene rings is 1. The van der Waals surface area contributed by atoms with Gasteiger partial charge in [0, 0.05) is 5.56 Å². The summed E-state index contributed by atoms with van der Waals surface area (Å²) in [5.41, 5.74) is -1.19. The summed E-state index contributed by atoms with van der Waals surface area (Å²) in [6.45, 7) is 0. The molecule has 0 aliphatic heterocycles. The van der Waals surface area contributed by atoms with Gasteiger partial charge in [-0.2, -0.15) is 31.6 Å². The van der Waals surface area contributed by atoms with Crippen LogP contribution in [0.5, 0.6) is 0 Å². The van der Waals surface area contributed by atoms with Crippen LogP contribution in [-0.2, 0) is 12.4 Å². The third-order valence-corrected chi connectivity index (χ3v) is 5.39. The molecule has 31 heavy (non-hydrogen) atoms. The van der Waals surface area contributed by atoms with Crippen LogP contribution in [0, 0.1) is 11.3 Å². The van der Waals surface area contributed by atoms with Crippen LogP contribution < -0.4 is 0 Å². The van der Waals surface area contributed by atoms with Gasteiger partial charge in [-0.15, -0.1) is 11.3 Å². The number of benzene rings is 2. The molecule has 0 amide bonds. The Morgan fingerprint density at radius 2 is 1.52 bits per heavy atom. The predicted molar refractivity (Wildman–Crippen MR) is 104 cm³/mol. The van der Waals surface area contributed by atoms with E-state index in [-0.39, 0.29) is 32.9 Å². The molecule has 0 aliphatic carbocycles. The molecule has 158 valence electrons. The fourth-order valence-corrected chi connectivity index (χ4v) is 3.76. The summed E-state index contributed by atoms with van der Waals surface area (Å²) < 4.78 is 78.5. The van der Waals surface area contributed by atoms with Crippen molar-refractivity contribution in [3.63, 3.8) is 0 Å². The SMILES string of the molecule is N#CC(=Cc1ccc(C(F)(F)F)cc1)C(=O)c1cc(-c2ccccc2)c(C(F)(F)F)s1. The number of allylic oxidation sites excluding steroid dienone is 1. The first-order valence-electron chi connectivity index (χ1n) is 8.61. The summed E-state index contributed by atoms with van der Waals surface area (Å²) in [7, 11) is 0. The summed E-state index contributed by atoms with van der Waals surface area (Å²) in [6.07, 6.45) is -8.22. The van der Waals surface area contributed by atoms with Crippen molar-refractivity contribution in [1.82, 2.24) is 0 Å². The molecule has 1 heterocycles. The van der Waals surface area contributed by atoms with Crippen LogP contribution in [0.15, 0.2) is 66.2 Å². The minimum atomic E-state index is -4.71. The number of Topliss-reactive ketones (excluding diaryl/α,β-unsaturated/α-hetero) is 1. The van der Waals surface area contributed by atoms with Crippen molar-refractivity contribution in [2.24, 2.45) is 0 Å². The molecule has 3 aromatic rings. The lowest BCUT2D eigenvalue weighted by Crippen LogP contribution is -2.04. The molecular formula is C22H11F6NOS. The molecule has 0 bridgehead atoms. The Morgan fingerprint density at radius 1 is 0.903 bits per heavy atom. The molecule has 2 nitrogen and oxygen atoms in total. The van der Waals surface area contributed by atoms with E-state index >= 15 is 0 Å². The van der Waals surface area contributed by atoms with E-state index in [0.29, 0.717) is 0 Å². The van der Waals surface area contributed by atoms with Crippen molar-refractivity contribution < 1.29 is 31.1 Å². The van der Waals surface area contributed by atoms with Crippen LogP contribution in [0.4, 0.5) is 26.3 Å². The van der Waals surface area contributed by atoms with Crippen LogP contribution in [0.3, 0.4) is 0 Å². The van der Waals surface area contributed by atoms with Gasteiger partial charge in [0.1, 0.15) is 16.5 Å². The minimum Gasteiger partial charge on any atom is -0.287 e. The molecule has 2 aromatic carbocycles. The lowest BCUT2D eigenvalue weighted by atomic mass is 10.0. The van der Waals surface area contributed by atoms with Gasteiger partial charge in [-0.1, -0.05) is 42.5 Å². The summed E-state index contributed by atoms with van der Waals surface area (Å²) in [5.74, 6) is -0.944. The Kier molecular flexibility index (Phi) is 6.04. The second kappa shape index (κ2) is 8.40. The normalized spacial score (nSPS) is 12.5. The maximum atomic E-state index is 13.5. The predicted octanol–water partition coefficient (Wildman–Crippen LogP) is 7.24. The van der Waals surface area contributed by atoms with Crippen molar-refractivity contribution in [2.45, 2.75) is 12.4 Å². The van der Waals surface area contributed by atoms with Gasteiger partial charge in [-0.05, 0) is 35.4 Å². The van der Waals surface area contributed by atoms with Crippen LogP contribution in [-0.4, -0.2) is 5.78 Å². The Morgan fingerprint density at radius 3 is 2.03 bits per heavy atom. The van der Waals surface area contributed by atoms with Crippen molar-refractivity contribution in [3.05, 3.63) is 87.1 Å². The van der Waals surface area contributed by atoms with Gasteiger partial charge in [0.2, 0.25) is 5.78 Å². The average molecular weight is 451 g/mol. The Balaban J connectivity index is 2.00. The quantitative estimate of drug-likeness (QED) is 0.182. The molecule has 0 spiro atoms. The average Bonchev–Trinajstić information content (AvgIpc) is 3.18. The third kappa shape index (κ3) is 5.03. The molecule has 0 N–H and O–H groups in total. The number of rotatable bonds is 4. The van der Waals surface area contributed by atoms with E-state index in [1.807, 2.05) is 0 Å². The second-order valence-electron chi connectivity index (χ2n) is 6.34. The Hall–Kier alpha value is -3.38. The Labute approximate surface area is 176 Å². The second-order valence-corrected chi connectivity index (χ2v) is 7.39. The number of carbonyl (C=O) groups excluding carboxylic acids is 1. The monoisotopic (exact) mass is 451 g/mol. The molecule has 0 fully saturated rings. The highest BCUT2D eigenvalue weighted by Gasteiger charge is 2.37. The molecule has 0 saturated heterocycles. The first-order chi connectivity index (χ1) is 14.5. The van der Waals surface area contributed by atoms with E-state index in [2.05, 4.69) is 0 Å². The summed E-state index contributed by atoms with van der Waals surface area (Å²) in [4.78, 5) is 11.4. The third-order valence-electron chi connectivity index (χ3n) is 4.21. The van der Waals surface area contributed by atoms with Gasteiger partial charge in [-0.25, -0.2) is 0 Å². The molecule has 9 heteroatoms. The molecule has 0 saturated carbocycles. The van der Waals surface area contributed by atoms with Crippen LogP contribution >= 0.6 is 11.3 Å². The highest BCUT2D eigenvalue weighted by molar-refractivity contribution is 7.14. The van der Waals surface area contributed by atoms with Crippen LogP contribution in [0.25, 0.3) is 17.2 Å². The van der Waals surface area contributed by atoms with E-state index in [1.54, 1.807) is 24.3 Å². The highest BCUT2D eigenvalue weighted by atomic mass is 32.1. The standard InChI is InChI=1S/C22H11F6NOS/c23-21(24,25)16-8-6-13(7-9-16)10-15(12-29)19(30)18-11-17(14-4-2-1-3-5-14)20(31-18)22(26,27)28/h1-11H. The number of nitrogens with zero attached hydrogens (tertiary/aromatic N) is 1. The number of halogens is 6. The van der Waals surface area contributed by atoms with Crippen molar-refractivity contribution >= 4 is 23.2 Å². The molecule has 3 rings (SSSR count). The Bertz CT molecular complexity index is 1170. The lowest BCUT2D eigenvalue weighted by molar-refractivity contribution is -0.137. The summed E-state index contributed by atoms with van der Waals surface area (Å²) in [5, 5.41) is 9.32. The summed E-state index contributed by atoms with van der Waals surface area (Å²) in [6, 6.07) is 14.1. The van der Waals surface area contributed by atoms with Gasteiger partial charge in [0.25, 0.3) is 0 Å². The zero-order valence-electron chi connectivity index (χ0n) is 15.4. The van der Waals surface area contributed by atoms with E-state index in [1.165, 1.54) is 12.1 Å². The lowest BCUT2D eigenvalue weighted by Gasteiger charge is -2.07. The number of nitriles is 1. The van der Waals surface area contributed by atoms with Gasteiger partial charge in [-0.3, -0.25) is 4.79 Å². The maximum Gasteiger partial charge on any atom is 0.426 e. The first-order valence-corrected chi connectivity index (χ1v) is 9.42. The highest BCUT2D eigenvalue weighted by Crippen LogP contribution is 2.43. The van der Waals surface area contributed by atoms with E-state index in [0.717, 1.165) is 36.4 Å². The van der Waals surface area contributed by atoms with Gasteiger partial charge >= 0.3 is 12.4 Å². The fourth-order valence-electron chi connectivity index (χ4n) is 2.76. The van der Waals surface area contributed by atoms with Gasteiger partial charge in [0.15, 0.2) is 0 Å². The van der Waals surface area contributed by atoms with Gasteiger partial charge < -0.3 is 0 Å². The van der Waals surface area contributed by atoms with Gasteiger partial charge in [0.05, 0.1) is 10.4 Å². The minimum absolute atomic E-state index is 0.133. The molecule has 1 aromatic heterocycles. The smallest absolute Gasteiger partial charge is 0.287 e. The molecule has 0 atom stereocenters. The number of alkyl halides is 6. The zero-order chi connectivity index (χ0) is 22.8. The number of hydrogen-bond donors (Lipinski definition) is 0. The van der Waals surface area contributed by atoms with Crippen molar-refractivity contribution in [1.29, 1.82) is 5.26 Å². The number of carbonyl (C=O) groups is 1. The van der Waals surface area contributed by atoms with Crippen LogP contribution in [0.1, 0.15) is 25.7 Å². The van der Waals surface area contributed by atoms with Crippen LogP contribution in [0.2, 0.25) is 0 Å². The summed E-state index contributed by atoms with van der Waals surface area (Å²) >= 11 is 0.214. The maximum absolute atomic E-state index is 13.5. The fraction of sp³-hybridized carbons (Fsp3) is 0.0909. The molecule has 0 radical (unpaired) electrons. The zero-order valence-corrected chi connectivity index (χ0v) is 16.2. The number of ketones is 1. The molecule has 0 aliphatic rings.